The molecule has 2 aromatic carbocycles. The predicted octanol–water partition coefficient (Wildman–Crippen LogP) is 3.01. The van der Waals surface area contributed by atoms with Crippen molar-refractivity contribution in [3.05, 3.63) is 54.1 Å². The number of nitrogens with one attached hydrogen (secondary N) is 1. The standard InChI is InChI=1S/C15H15N3OS2/c1-19-12-6-8-13(9-7-12)21-14-5-3-2-4-11(14)10-17-18-15(16)20/h2-10H,1H3,(H3,16,18,20). The topological polar surface area (TPSA) is 59.6 Å². The summed E-state index contributed by atoms with van der Waals surface area (Å²) < 4.78 is 5.16. The molecule has 3 N–H and O–H groups in total. The van der Waals surface area contributed by atoms with Gasteiger partial charge in [-0.15, -0.1) is 0 Å². The molecule has 0 fully saturated rings. The van der Waals surface area contributed by atoms with Crippen molar-refractivity contribution in [3.8, 4) is 5.75 Å². The van der Waals surface area contributed by atoms with Gasteiger partial charge in [-0.25, -0.2) is 0 Å². The number of rotatable bonds is 5. The average Bonchev–Trinajstić information content (AvgIpc) is 2.49. The smallest absolute Gasteiger partial charge is 0.184 e. The summed E-state index contributed by atoms with van der Waals surface area (Å²) in [4.78, 5) is 2.22. The first kappa shape index (κ1) is 15.3. The summed E-state index contributed by atoms with van der Waals surface area (Å²) in [7, 11) is 1.66. The molecule has 0 unspecified atom stereocenters. The van der Waals surface area contributed by atoms with Crippen LogP contribution in [0.3, 0.4) is 0 Å². The quantitative estimate of drug-likeness (QED) is 0.504. The first-order valence-electron chi connectivity index (χ1n) is 6.18. The SMILES string of the molecule is COc1ccc(Sc2ccccc2C=NNC(N)=S)cc1. The molecule has 4 nitrogen and oxygen atoms in total. The Morgan fingerprint density at radius 2 is 1.95 bits per heavy atom. The molecule has 0 radical (unpaired) electrons. The molecule has 0 bridgehead atoms. The molecule has 21 heavy (non-hydrogen) atoms. The normalized spacial score (nSPS) is 10.5. The van der Waals surface area contributed by atoms with Crippen LogP contribution in [0.5, 0.6) is 5.75 Å². The second kappa shape index (κ2) is 7.66. The molecule has 0 saturated carbocycles. The summed E-state index contributed by atoms with van der Waals surface area (Å²) in [5.74, 6) is 0.842. The van der Waals surface area contributed by atoms with Crippen molar-refractivity contribution in [2.75, 3.05) is 7.11 Å². The molecule has 0 aliphatic rings. The molecular formula is C15H15N3OS2. The maximum absolute atomic E-state index is 5.34. The zero-order valence-electron chi connectivity index (χ0n) is 11.4. The molecule has 0 heterocycles. The van der Waals surface area contributed by atoms with Crippen LogP contribution in [-0.2, 0) is 0 Å². The minimum Gasteiger partial charge on any atom is -0.497 e. The van der Waals surface area contributed by atoms with E-state index in [2.05, 4.69) is 10.5 Å². The van der Waals surface area contributed by atoms with Gasteiger partial charge in [-0.05, 0) is 42.5 Å². The summed E-state index contributed by atoms with van der Waals surface area (Å²) in [5.41, 5.74) is 8.88. The molecule has 0 spiro atoms. The fourth-order valence-electron chi connectivity index (χ4n) is 1.62. The van der Waals surface area contributed by atoms with Crippen molar-refractivity contribution >= 4 is 35.3 Å². The Kier molecular flexibility index (Phi) is 5.59. The van der Waals surface area contributed by atoms with E-state index in [9.17, 15) is 0 Å². The lowest BCUT2D eigenvalue weighted by Gasteiger charge is -2.06. The van der Waals surface area contributed by atoms with Gasteiger partial charge in [0.2, 0.25) is 0 Å². The minimum atomic E-state index is 0.145. The van der Waals surface area contributed by atoms with Gasteiger partial charge in [-0.2, -0.15) is 5.10 Å². The van der Waals surface area contributed by atoms with Crippen LogP contribution in [0.1, 0.15) is 5.56 Å². The van der Waals surface area contributed by atoms with Crippen molar-refractivity contribution in [3.63, 3.8) is 0 Å². The van der Waals surface area contributed by atoms with Gasteiger partial charge in [-0.1, -0.05) is 30.0 Å². The highest BCUT2D eigenvalue weighted by Crippen LogP contribution is 2.30. The van der Waals surface area contributed by atoms with E-state index in [1.165, 1.54) is 0 Å². The van der Waals surface area contributed by atoms with Crippen molar-refractivity contribution < 1.29 is 4.74 Å². The summed E-state index contributed by atoms with van der Waals surface area (Å²) in [6.07, 6.45) is 1.70. The lowest BCUT2D eigenvalue weighted by atomic mass is 10.2. The van der Waals surface area contributed by atoms with E-state index in [-0.39, 0.29) is 5.11 Å². The highest BCUT2D eigenvalue weighted by molar-refractivity contribution is 7.99. The first-order chi connectivity index (χ1) is 10.2. The van der Waals surface area contributed by atoms with Gasteiger partial charge < -0.3 is 10.5 Å². The number of hydrogen-bond donors (Lipinski definition) is 2. The molecule has 108 valence electrons. The summed E-state index contributed by atoms with van der Waals surface area (Å²) >= 11 is 6.36. The molecular weight excluding hydrogens is 302 g/mol. The number of hydrogen-bond acceptors (Lipinski definition) is 4. The Morgan fingerprint density at radius 1 is 1.24 bits per heavy atom. The van der Waals surface area contributed by atoms with E-state index >= 15 is 0 Å². The summed E-state index contributed by atoms with van der Waals surface area (Å²) in [5, 5.41) is 4.14. The fraction of sp³-hybridized carbons (Fsp3) is 0.0667. The zero-order valence-corrected chi connectivity index (χ0v) is 13.1. The van der Waals surface area contributed by atoms with E-state index in [4.69, 9.17) is 22.7 Å². The Hall–Kier alpha value is -2.05. The molecule has 2 aromatic rings. The van der Waals surface area contributed by atoms with Crippen molar-refractivity contribution in [1.82, 2.24) is 5.43 Å². The third-order valence-corrected chi connectivity index (χ3v) is 3.78. The number of benzene rings is 2. The second-order valence-electron chi connectivity index (χ2n) is 4.05. The molecule has 6 heteroatoms. The third-order valence-electron chi connectivity index (χ3n) is 2.58. The third kappa shape index (κ3) is 4.77. The van der Waals surface area contributed by atoms with Gasteiger partial charge in [0.1, 0.15) is 5.75 Å². The van der Waals surface area contributed by atoms with E-state index in [1.807, 2.05) is 48.5 Å². The highest BCUT2D eigenvalue weighted by atomic mass is 32.2. The van der Waals surface area contributed by atoms with Crippen molar-refractivity contribution in [1.29, 1.82) is 0 Å². The maximum Gasteiger partial charge on any atom is 0.184 e. The number of ether oxygens (including phenoxy) is 1. The Morgan fingerprint density at radius 3 is 2.62 bits per heavy atom. The Labute approximate surface area is 133 Å². The second-order valence-corrected chi connectivity index (χ2v) is 5.60. The predicted molar refractivity (Wildman–Crippen MR) is 91.1 cm³/mol. The summed E-state index contributed by atoms with van der Waals surface area (Å²) in [6, 6.07) is 15.9. The van der Waals surface area contributed by atoms with Crippen LogP contribution in [0, 0.1) is 0 Å². The van der Waals surface area contributed by atoms with Crippen LogP contribution in [0.15, 0.2) is 63.4 Å². The molecule has 2 rings (SSSR count). The van der Waals surface area contributed by atoms with Gasteiger partial charge in [0.15, 0.2) is 5.11 Å². The van der Waals surface area contributed by atoms with Gasteiger partial charge in [-0.3, -0.25) is 5.43 Å². The average molecular weight is 317 g/mol. The number of nitrogens with two attached hydrogens (primary N) is 1. The zero-order chi connectivity index (χ0) is 15.1. The highest BCUT2D eigenvalue weighted by Gasteiger charge is 2.02. The largest absolute Gasteiger partial charge is 0.497 e. The van der Waals surface area contributed by atoms with Gasteiger partial charge in [0.05, 0.1) is 13.3 Å². The van der Waals surface area contributed by atoms with E-state index in [0.29, 0.717) is 0 Å². The van der Waals surface area contributed by atoms with Crippen LogP contribution < -0.4 is 15.9 Å². The number of thiocarbonyl (C=S) groups is 1. The molecule has 0 aliphatic carbocycles. The minimum absolute atomic E-state index is 0.145. The van der Waals surface area contributed by atoms with Gasteiger partial charge in [0, 0.05) is 15.4 Å². The maximum atomic E-state index is 5.34. The molecule has 0 atom stereocenters. The number of nitrogens with zero attached hydrogens (tertiary/aromatic N) is 1. The van der Waals surface area contributed by atoms with Crippen molar-refractivity contribution in [2.24, 2.45) is 10.8 Å². The summed E-state index contributed by atoms with van der Waals surface area (Å²) in [6.45, 7) is 0. The first-order valence-corrected chi connectivity index (χ1v) is 7.41. The van der Waals surface area contributed by atoms with E-state index in [0.717, 1.165) is 21.1 Å². The number of methoxy groups -OCH3 is 1. The van der Waals surface area contributed by atoms with E-state index < -0.39 is 0 Å². The van der Waals surface area contributed by atoms with Crippen LogP contribution in [0.25, 0.3) is 0 Å². The van der Waals surface area contributed by atoms with Gasteiger partial charge >= 0.3 is 0 Å². The fourth-order valence-corrected chi connectivity index (χ4v) is 2.58. The Balaban J connectivity index is 2.15. The van der Waals surface area contributed by atoms with Crippen LogP contribution in [-0.4, -0.2) is 18.4 Å². The number of hydrazone groups is 1. The van der Waals surface area contributed by atoms with E-state index in [1.54, 1.807) is 25.1 Å². The molecule has 0 amide bonds. The molecule has 0 aliphatic heterocycles. The lowest BCUT2D eigenvalue weighted by Crippen LogP contribution is -2.24. The Bertz CT molecular complexity index is 642. The molecule has 0 saturated heterocycles. The van der Waals surface area contributed by atoms with Crippen LogP contribution >= 0.6 is 24.0 Å². The van der Waals surface area contributed by atoms with Crippen LogP contribution in [0.2, 0.25) is 0 Å². The molecule has 0 aromatic heterocycles. The van der Waals surface area contributed by atoms with Gasteiger partial charge in [0.25, 0.3) is 0 Å². The monoisotopic (exact) mass is 317 g/mol. The van der Waals surface area contributed by atoms with Crippen LogP contribution in [0.4, 0.5) is 0 Å². The van der Waals surface area contributed by atoms with Crippen molar-refractivity contribution in [2.45, 2.75) is 9.79 Å². The lowest BCUT2D eigenvalue weighted by molar-refractivity contribution is 0.414.